The Morgan fingerprint density at radius 3 is 2.61 bits per heavy atom. The van der Waals surface area contributed by atoms with Gasteiger partial charge in [0.15, 0.2) is 5.82 Å². The summed E-state index contributed by atoms with van der Waals surface area (Å²) in [7, 11) is 0. The normalized spacial score (nSPS) is 13.5. The van der Waals surface area contributed by atoms with E-state index in [0.717, 1.165) is 38.6 Å². The molecule has 3 aromatic rings. The minimum atomic E-state index is 0.675. The summed E-state index contributed by atoms with van der Waals surface area (Å²) in [6.45, 7) is 0. The maximum atomic E-state index is 5.91. The van der Waals surface area contributed by atoms with Crippen molar-refractivity contribution in [3.05, 3.63) is 76.6 Å². The summed E-state index contributed by atoms with van der Waals surface area (Å²) >= 11 is 7.58. The molecule has 0 unspecified atom stereocenters. The van der Waals surface area contributed by atoms with E-state index in [-0.39, 0.29) is 0 Å². The molecule has 23 heavy (non-hydrogen) atoms. The van der Waals surface area contributed by atoms with Crippen molar-refractivity contribution in [2.24, 2.45) is 5.10 Å². The number of aromatic nitrogens is 3. The molecule has 4 rings (SSSR count). The SMILES string of the molecule is Clc1ccc(Cc2nc3n(n2)N=C(c2ccccc2)CS3)cc1. The largest absolute Gasteiger partial charge is 0.211 e. The van der Waals surface area contributed by atoms with Crippen LogP contribution in [0.5, 0.6) is 0 Å². The van der Waals surface area contributed by atoms with Crippen LogP contribution >= 0.6 is 23.4 Å². The number of benzene rings is 2. The zero-order valence-electron chi connectivity index (χ0n) is 12.2. The zero-order valence-corrected chi connectivity index (χ0v) is 13.8. The molecule has 0 atom stereocenters. The van der Waals surface area contributed by atoms with Crippen molar-refractivity contribution >= 4 is 29.1 Å². The highest BCUT2D eigenvalue weighted by atomic mass is 35.5. The first-order chi connectivity index (χ1) is 11.3. The highest BCUT2D eigenvalue weighted by molar-refractivity contribution is 7.99. The zero-order chi connectivity index (χ0) is 15.6. The van der Waals surface area contributed by atoms with Gasteiger partial charge in [0.1, 0.15) is 0 Å². The second-order valence-electron chi connectivity index (χ2n) is 5.20. The summed E-state index contributed by atoms with van der Waals surface area (Å²) < 4.78 is 0. The summed E-state index contributed by atoms with van der Waals surface area (Å²) in [4.78, 5) is 6.21. The minimum absolute atomic E-state index is 0.675. The van der Waals surface area contributed by atoms with Gasteiger partial charge in [-0.2, -0.15) is 5.10 Å². The first-order valence-corrected chi connectivity index (χ1v) is 8.61. The van der Waals surface area contributed by atoms with Crippen LogP contribution in [0.1, 0.15) is 17.0 Å². The lowest BCUT2D eigenvalue weighted by Crippen LogP contribution is -2.13. The quantitative estimate of drug-likeness (QED) is 0.726. The van der Waals surface area contributed by atoms with Gasteiger partial charge in [0.2, 0.25) is 5.16 Å². The fourth-order valence-electron chi connectivity index (χ4n) is 2.39. The molecule has 1 aliphatic rings. The van der Waals surface area contributed by atoms with Crippen LogP contribution in [0, 0.1) is 0 Å². The fourth-order valence-corrected chi connectivity index (χ4v) is 3.38. The lowest BCUT2D eigenvalue weighted by molar-refractivity contribution is 0.654. The van der Waals surface area contributed by atoms with Gasteiger partial charge >= 0.3 is 0 Å². The molecule has 2 heterocycles. The van der Waals surface area contributed by atoms with Crippen molar-refractivity contribution in [1.29, 1.82) is 0 Å². The molecule has 4 nitrogen and oxygen atoms in total. The van der Waals surface area contributed by atoms with Gasteiger partial charge in [0.25, 0.3) is 0 Å². The van der Waals surface area contributed by atoms with Crippen molar-refractivity contribution in [3.63, 3.8) is 0 Å². The van der Waals surface area contributed by atoms with E-state index < -0.39 is 0 Å². The van der Waals surface area contributed by atoms with Gasteiger partial charge in [0.05, 0.1) is 5.71 Å². The van der Waals surface area contributed by atoms with Crippen LogP contribution in [0.4, 0.5) is 0 Å². The molecule has 114 valence electrons. The maximum Gasteiger partial charge on any atom is 0.211 e. The minimum Gasteiger partial charge on any atom is -0.204 e. The molecular weight excluding hydrogens is 328 g/mol. The van der Waals surface area contributed by atoms with E-state index in [2.05, 4.69) is 27.3 Å². The van der Waals surface area contributed by atoms with Crippen molar-refractivity contribution in [3.8, 4) is 0 Å². The Hall–Kier alpha value is -2.11. The molecule has 0 saturated carbocycles. The van der Waals surface area contributed by atoms with E-state index in [1.807, 2.05) is 42.5 Å². The molecule has 0 spiro atoms. The van der Waals surface area contributed by atoms with Crippen LogP contribution in [-0.4, -0.2) is 26.3 Å². The third-order valence-corrected chi connectivity index (χ3v) is 4.72. The summed E-state index contributed by atoms with van der Waals surface area (Å²) in [5.74, 6) is 1.58. The molecule has 6 heteroatoms. The summed E-state index contributed by atoms with van der Waals surface area (Å²) in [6.07, 6.45) is 0.675. The van der Waals surface area contributed by atoms with Crippen molar-refractivity contribution < 1.29 is 0 Å². The highest BCUT2D eigenvalue weighted by Gasteiger charge is 2.18. The second-order valence-corrected chi connectivity index (χ2v) is 6.58. The Morgan fingerprint density at radius 2 is 1.83 bits per heavy atom. The summed E-state index contributed by atoms with van der Waals surface area (Å²) in [5, 5.41) is 10.7. The predicted octanol–water partition coefficient (Wildman–Crippen LogP) is 3.88. The average Bonchev–Trinajstić information content (AvgIpc) is 2.99. The second kappa shape index (κ2) is 6.18. The predicted molar refractivity (Wildman–Crippen MR) is 93.4 cm³/mol. The van der Waals surface area contributed by atoms with E-state index in [4.69, 9.17) is 11.6 Å². The molecule has 0 bridgehead atoms. The van der Waals surface area contributed by atoms with Crippen LogP contribution in [0.25, 0.3) is 0 Å². The first kappa shape index (κ1) is 14.5. The average molecular weight is 341 g/mol. The van der Waals surface area contributed by atoms with Gasteiger partial charge in [-0.3, -0.25) is 0 Å². The standard InChI is InChI=1S/C17H13ClN4S/c18-14-8-6-12(7-9-14)10-16-19-17-22(21-16)20-15(11-23-17)13-4-2-1-3-5-13/h1-9H,10-11H2. The van der Waals surface area contributed by atoms with Gasteiger partial charge in [-0.1, -0.05) is 65.8 Å². The molecule has 2 aromatic carbocycles. The monoisotopic (exact) mass is 340 g/mol. The number of hydrogen-bond donors (Lipinski definition) is 0. The number of thioether (sulfide) groups is 1. The number of fused-ring (bicyclic) bond motifs is 1. The van der Waals surface area contributed by atoms with Gasteiger partial charge in [-0.15, -0.1) is 9.89 Å². The molecule has 0 amide bonds. The molecular formula is C17H13ClN4S. The van der Waals surface area contributed by atoms with Crippen LogP contribution < -0.4 is 0 Å². The van der Waals surface area contributed by atoms with Crippen LogP contribution in [0.3, 0.4) is 0 Å². The van der Waals surface area contributed by atoms with Gasteiger partial charge in [0, 0.05) is 17.2 Å². The van der Waals surface area contributed by atoms with Gasteiger partial charge in [-0.25, -0.2) is 4.98 Å². The lowest BCUT2D eigenvalue weighted by atomic mass is 10.1. The van der Waals surface area contributed by atoms with Crippen LogP contribution in [0.2, 0.25) is 5.02 Å². The molecule has 0 N–H and O–H groups in total. The maximum absolute atomic E-state index is 5.91. The van der Waals surface area contributed by atoms with Gasteiger partial charge in [-0.05, 0) is 23.3 Å². The fraction of sp³-hybridized carbons (Fsp3) is 0.118. The van der Waals surface area contributed by atoms with E-state index in [0.29, 0.717) is 6.42 Å². The topological polar surface area (TPSA) is 43.1 Å². The Labute approximate surface area is 143 Å². The molecule has 0 saturated heterocycles. The van der Waals surface area contributed by atoms with Crippen molar-refractivity contribution in [1.82, 2.24) is 14.9 Å². The molecule has 1 aromatic heterocycles. The number of rotatable bonds is 3. The molecule has 1 aliphatic heterocycles. The Kier molecular flexibility index (Phi) is 3.89. The van der Waals surface area contributed by atoms with E-state index in [9.17, 15) is 0 Å². The Balaban J connectivity index is 1.60. The Morgan fingerprint density at radius 1 is 1.04 bits per heavy atom. The number of hydrogen-bond acceptors (Lipinski definition) is 4. The van der Waals surface area contributed by atoms with Crippen molar-refractivity contribution in [2.75, 3.05) is 5.75 Å². The molecule has 0 fully saturated rings. The molecule has 0 aliphatic carbocycles. The smallest absolute Gasteiger partial charge is 0.204 e. The summed E-state index contributed by atoms with van der Waals surface area (Å²) in [5.41, 5.74) is 3.28. The van der Waals surface area contributed by atoms with E-state index >= 15 is 0 Å². The molecule has 0 radical (unpaired) electrons. The number of halogens is 1. The third kappa shape index (κ3) is 3.16. The van der Waals surface area contributed by atoms with Crippen molar-refractivity contribution in [2.45, 2.75) is 11.6 Å². The van der Waals surface area contributed by atoms with Gasteiger partial charge < -0.3 is 0 Å². The van der Waals surface area contributed by atoms with Crippen LogP contribution in [-0.2, 0) is 6.42 Å². The lowest BCUT2D eigenvalue weighted by Gasteiger charge is -2.11. The van der Waals surface area contributed by atoms with E-state index in [1.54, 1.807) is 16.6 Å². The first-order valence-electron chi connectivity index (χ1n) is 7.24. The highest BCUT2D eigenvalue weighted by Crippen LogP contribution is 2.23. The number of nitrogens with zero attached hydrogens (tertiary/aromatic N) is 4. The third-order valence-electron chi connectivity index (χ3n) is 3.54. The summed E-state index contributed by atoms with van der Waals surface area (Å²) in [6, 6.07) is 17.9. The Bertz CT molecular complexity index is 856. The van der Waals surface area contributed by atoms with Crippen LogP contribution in [0.15, 0.2) is 64.9 Å². The van der Waals surface area contributed by atoms with E-state index in [1.165, 1.54) is 0 Å².